The fourth-order valence-corrected chi connectivity index (χ4v) is 3.06. The SMILES string of the molecule is Cc1cc(=O)c(OCc2ccc(F)cc2)cn1CC(=O)N1CCCCC1. The number of carbonyl (C=O) groups excluding carboxylic acids is 1. The summed E-state index contributed by atoms with van der Waals surface area (Å²) >= 11 is 0. The summed E-state index contributed by atoms with van der Waals surface area (Å²) in [5, 5.41) is 0. The fourth-order valence-electron chi connectivity index (χ4n) is 3.06. The van der Waals surface area contributed by atoms with Gasteiger partial charge in [-0.2, -0.15) is 0 Å². The van der Waals surface area contributed by atoms with Crippen LogP contribution in [-0.4, -0.2) is 28.5 Å². The van der Waals surface area contributed by atoms with E-state index in [1.807, 2.05) is 4.90 Å². The van der Waals surface area contributed by atoms with Gasteiger partial charge in [-0.1, -0.05) is 12.1 Å². The zero-order valence-corrected chi connectivity index (χ0v) is 14.9. The highest BCUT2D eigenvalue weighted by Gasteiger charge is 2.17. The first-order chi connectivity index (χ1) is 12.5. The van der Waals surface area contributed by atoms with Crippen LogP contribution < -0.4 is 10.2 Å². The van der Waals surface area contributed by atoms with Crippen LogP contribution in [0.2, 0.25) is 0 Å². The molecule has 1 fully saturated rings. The first kappa shape index (κ1) is 18.2. The molecule has 1 aromatic heterocycles. The molecule has 0 saturated carbocycles. The lowest BCUT2D eigenvalue weighted by Crippen LogP contribution is -2.38. The Bertz CT molecular complexity index is 824. The number of halogens is 1. The number of aryl methyl sites for hydroxylation is 1. The number of nitrogens with zero attached hydrogens (tertiary/aromatic N) is 2. The minimum absolute atomic E-state index is 0.0564. The Hall–Kier alpha value is -2.63. The van der Waals surface area contributed by atoms with Crippen LogP contribution in [0, 0.1) is 12.7 Å². The van der Waals surface area contributed by atoms with Crippen molar-refractivity contribution in [2.45, 2.75) is 39.3 Å². The number of rotatable bonds is 5. The van der Waals surface area contributed by atoms with Crippen LogP contribution in [-0.2, 0) is 17.9 Å². The van der Waals surface area contributed by atoms with Crippen molar-refractivity contribution in [1.82, 2.24) is 9.47 Å². The minimum atomic E-state index is -0.317. The normalized spacial score (nSPS) is 14.3. The number of aromatic nitrogens is 1. The fraction of sp³-hybridized carbons (Fsp3) is 0.400. The second-order valence-electron chi connectivity index (χ2n) is 6.63. The molecule has 6 heteroatoms. The van der Waals surface area contributed by atoms with Crippen molar-refractivity contribution < 1.29 is 13.9 Å². The molecule has 0 radical (unpaired) electrons. The lowest BCUT2D eigenvalue weighted by Gasteiger charge is -2.27. The summed E-state index contributed by atoms with van der Waals surface area (Å²) in [5.74, 6) is -0.0741. The minimum Gasteiger partial charge on any atom is -0.483 e. The summed E-state index contributed by atoms with van der Waals surface area (Å²) in [6, 6.07) is 7.40. The lowest BCUT2D eigenvalue weighted by atomic mass is 10.1. The maximum absolute atomic E-state index is 13.0. The van der Waals surface area contributed by atoms with Crippen molar-refractivity contribution in [3.8, 4) is 5.75 Å². The number of carbonyl (C=O) groups is 1. The van der Waals surface area contributed by atoms with Gasteiger partial charge < -0.3 is 14.2 Å². The second-order valence-corrected chi connectivity index (χ2v) is 6.63. The number of likely N-dealkylation sites (tertiary alicyclic amines) is 1. The molecule has 3 rings (SSSR count). The molecule has 26 heavy (non-hydrogen) atoms. The van der Waals surface area contributed by atoms with Crippen LogP contribution in [0.1, 0.15) is 30.5 Å². The predicted octanol–water partition coefficient (Wildman–Crippen LogP) is 2.89. The predicted molar refractivity (Wildman–Crippen MR) is 96.6 cm³/mol. The molecule has 1 aromatic carbocycles. The van der Waals surface area contributed by atoms with Gasteiger partial charge in [0.15, 0.2) is 5.75 Å². The van der Waals surface area contributed by atoms with Gasteiger partial charge in [-0.15, -0.1) is 0 Å². The Kier molecular flexibility index (Phi) is 5.71. The smallest absolute Gasteiger partial charge is 0.242 e. The standard InChI is InChI=1S/C20H23FN2O3/c1-15-11-18(24)19(26-14-16-5-7-17(21)8-6-16)12-23(15)13-20(25)22-9-3-2-4-10-22/h5-8,11-12H,2-4,9-10,13-14H2,1H3. The molecule has 138 valence electrons. The molecule has 0 spiro atoms. The van der Waals surface area contributed by atoms with Crippen molar-refractivity contribution in [2.75, 3.05) is 13.1 Å². The molecule has 2 heterocycles. The largest absolute Gasteiger partial charge is 0.483 e. The van der Waals surface area contributed by atoms with E-state index in [2.05, 4.69) is 0 Å². The number of hydrogen-bond donors (Lipinski definition) is 0. The summed E-state index contributed by atoms with van der Waals surface area (Å²) < 4.78 is 20.3. The molecule has 1 aliphatic rings. The monoisotopic (exact) mass is 358 g/mol. The van der Waals surface area contributed by atoms with E-state index in [1.165, 1.54) is 24.6 Å². The van der Waals surface area contributed by atoms with Crippen molar-refractivity contribution in [3.05, 3.63) is 63.8 Å². The maximum Gasteiger partial charge on any atom is 0.242 e. The van der Waals surface area contributed by atoms with E-state index in [4.69, 9.17) is 4.74 Å². The van der Waals surface area contributed by atoms with Gasteiger partial charge >= 0.3 is 0 Å². The van der Waals surface area contributed by atoms with Crippen molar-refractivity contribution in [3.63, 3.8) is 0 Å². The number of benzene rings is 1. The van der Waals surface area contributed by atoms with Crippen LogP contribution in [0.3, 0.4) is 0 Å². The Labute approximate surface area is 152 Å². The molecule has 5 nitrogen and oxygen atoms in total. The Balaban J connectivity index is 1.70. The summed E-state index contributed by atoms with van der Waals surface area (Å²) in [4.78, 5) is 26.5. The van der Waals surface area contributed by atoms with Gasteiger partial charge in [0, 0.05) is 24.8 Å². The van der Waals surface area contributed by atoms with Crippen molar-refractivity contribution in [1.29, 1.82) is 0 Å². The number of pyridine rings is 1. The number of piperidine rings is 1. The molecular formula is C20H23FN2O3. The van der Waals surface area contributed by atoms with E-state index in [0.717, 1.165) is 37.2 Å². The number of hydrogen-bond acceptors (Lipinski definition) is 3. The Morgan fingerprint density at radius 3 is 2.54 bits per heavy atom. The van der Waals surface area contributed by atoms with Gasteiger partial charge in [-0.05, 0) is 43.9 Å². The van der Waals surface area contributed by atoms with E-state index in [1.54, 1.807) is 29.8 Å². The van der Waals surface area contributed by atoms with Crippen LogP contribution in [0.4, 0.5) is 4.39 Å². The van der Waals surface area contributed by atoms with Gasteiger partial charge in [0.25, 0.3) is 0 Å². The molecular weight excluding hydrogens is 335 g/mol. The zero-order chi connectivity index (χ0) is 18.5. The first-order valence-electron chi connectivity index (χ1n) is 8.89. The van der Waals surface area contributed by atoms with Crippen molar-refractivity contribution >= 4 is 5.91 Å². The molecule has 0 N–H and O–H groups in total. The third kappa shape index (κ3) is 4.50. The molecule has 0 atom stereocenters. The number of ether oxygens (including phenoxy) is 1. The molecule has 1 aliphatic heterocycles. The molecule has 1 saturated heterocycles. The highest BCUT2D eigenvalue weighted by atomic mass is 19.1. The average molecular weight is 358 g/mol. The third-order valence-corrected chi connectivity index (χ3v) is 4.63. The van der Waals surface area contributed by atoms with Gasteiger partial charge in [0.2, 0.25) is 11.3 Å². The molecule has 0 aliphatic carbocycles. The van der Waals surface area contributed by atoms with E-state index in [9.17, 15) is 14.0 Å². The van der Waals surface area contributed by atoms with E-state index >= 15 is 0 Å². The van der Waals surface area contributed by atoms with E-state index < -0.39 is 0 Å². The Morgan fingerprint density at radius 2 is 1.85 bits per heavy atom. The highest BCUT2D eigenvalue weighted by Crippen LogP contribution is 2.13. The van der Waals surface area contributed by atoms with Gasteiger partial charge in [0.1, 0.15) is 19.0 Å². The third-order valence-electron chi connectivity index (χ3n) is 4.63. The topological polar surface area (TPSA) is 51.5 Å². The van der Waals surface area contributed by atoms with Gasteiger partial charge in [-0.25, -0.2) is 4.39 Å². The zero-order valence-electron chi connectivity index (χ0n) is 14.9. The molecule has 2 aromatic rings. The van der Waals surface area contributed by atoms with Crippen LogP contribution in [0.15, 0.2) is 41.3 Å². The van der Waals surface area contributed by atoms with Crippen LogP contribution in [0.5, 0.6) is 5.75 Å². The summed E-state index contributed by atoms with van der Waals surface area (Å²) in [5.41, 5.74) is 1.25. The molecule has 0 unspecified atom stereocenters. The molecule has 0 bridgehead atoms. The first-order valence-corrected chi connectivity index (χ1v) is 8.89. The summed E-state index contributed by atoms with van der Waals surface area (Å²) in [7, 11) is 0. The van der Waals surface area contributed by atoms with Crippen LogP contribution >= 0.6 is 0 Å². The summed E-state index contributed by atoms with van der Waals surface area (Å²) in [6.07, 6.45) is 4.84. The summed E-state index contributed by atoms with van der Waals surface area (Å²) in [6.45, 7) is 3.75. The number of amides is 1. The highest BCUT2D eigenvalue weighted by molar-refractivity contribution is 5.76. The second kappa shape index (κ2) is 8.17. The lowest BCUT2D eigenvalue weighted by molar-refractivity contribution is -0.132. The average Bonchev–Trinajstić information content (AvgIpc) is 2.65. The van der Waals surface area contributed by atoms with Gasteiger partial charge in [-0.3, -0.25) is 9.59 Å². The van der Waals surface area contributed by atoms with Crippen molar-refractivity contribution in [2.24, 2.45) is 0 Å². The van der Waals surface area contributed by atoms with E-state index in [-0.39, 0.29) is 36.1 Å². The molecule has 1 amide bonds. The Morgan fingerprint density at radius 1 is 1.15 bits per heavy atom. The quantitative estimate of drug-likeness (QED) is 0.826. The van der Waals surface area contributed by atoms with E-state index in [0.29, 0.717) is 0 Å². The van der Waals surface area contributed by atoms with Crippen LogP contribution in [0.25, 0.3) is 0 Å². The van der Waals surface area contributed by atoms with Gasteiger partial charge in [0.05, 0.1) is 6.20 Å². The maximum atomic E-state index is 13.0.